The second kappa shape index (κ2) is 5.03. The van der Waals surface area contributed by atoms with Gasteiger partial charge in [-0.05, 0) is 38.5 Å². The molecule has 0 amide bonds. The minimum atomic E-state index is -1.19. The van der Waals surface area contributed by atoms with Gasteiger partial charge in [-0.25, -0.2) is 4.21 Å². The van der Waals surface area contributed by atoms with E-state index in [2.05, 4.69) is 20.3 Å². The van der Waals surface area contributed by atoms with E-state index in [1.165, 1.54) is 0 Å². The van der Waals surface area contributed by atoms with Gasteiger partial charge < -0.3 is 0 Å². The van der Waals surface area contributed by atoms with Gasteiger partial charge in [0.05, 0.1) is 4.75 Å². The van der Waals surface area contributed by atoms with E-state index in [0.29, 0.717) is 0 Å². The molecule has 0 aliphatic heterocycles. The summed E-state index contributed by atoms with van der Waals surface area (Å²) in [4.78, 5) is 0. The Kier molecular flexibility index (Phi) is 4.22. The lowest BCUT2D eigenvalue weighted by atomic mass is 10.2. The second-order valence-corrected chi connectivity index (χ2v) is 7.00. The molecule has 4 heteroatoms. The molecule has 1 aromatic rings. The van der Waals surface area contributed by atoms with Crippen LogP contribution in [0.3, 0.4) is 0 Å². The number of rotatable bonds is 2. The Bertz CT molecular complexity index is 379. The van der Waals surface area contributed by atoms with Crippen LogP contribution < -0.4 is 0 Å². The number of nitrogens with zero attached hydrogens (tertiary/aromatic N) is 1. The van der Waals surface area contributed by atoms with Gasteiger partial charge in [-0.15, -0.1) is 0 Å². The van der Waals surface area contributed by atoms with Gasteiger partial charge in [0.25, 0.3) is 0 Å². The third kappa shape index (κ3) is 4.26. The molecule has 0 bridgehead atoms. The number of hydrogen-bond donors (Lipinski definition) is 0. The van der Waals surface area contributed by atoms with Gasteiger partial charge in [0, 0.05) is 10.7 Å². The van der Waals surface area contributed by atoms with E-state index >= 15 is 0 Å². The maximum absolute atomic E-state index is 11.6. The van der Waals surface area contributed by atoms with Crippen LogP contribution in [-0.2, 0) is 11.0 Å². The normalized spacial score (nSPS) is 14.4. The van der Waals surface area contributed by atoms with E-state index < -0.39 is 11.0 Å². The summed E-state index contributed by atoms with van der Waals surface area (Å²) in [6.45, 7) is 5.71. The Morgan fingerprint density at radius 3 is 2.27 bits per heavy atom. The van der Waals surface area contributed by atoms with Gasteiger partial charge in [-0.3, -0.25) is 0 Å². The molecule has 0 aliphatic carbocycles. The molecule has 1 rings (SSSR count). The van der Waals surface area contributed by atoms with Crippen LogP contribution in [0.1, 0.15) is 26.3 Å². The summed E-state index contributed by atoms with van der Waals surface area (Å²) in [7, 11) is -1.19. The van der Waals surface area contributed by atoms with Crippen molar-refractivity contribution in [3.8, 4) is 0 Å². The number of hydrogen-bond acceptors (Lipinski definition) is 1. The van der Waals surface area contributed by atoms with Crippen molar-refractivity contribution in [2.45, 2.75) is 25.5 Å². The van der Waals surface area contributed by atoms with Crippen LogP contribution in [0.15, 0.2) is 33.1 Å². The highest BCUT2D eigenvalue weighted by molar-refractivity contribution is 9.10. The summed E-state index contributed by atoms with van der Waals surface area (Å²) in [5, 5.41) is 0. The van der Waals surface area contributed by atoms with Gasteiger partial charge in [-0.2, -0.15) is 4.40 Å². The summed E-state index contributed by atoms with van der Waals surface area (Å²) in [5.41, 5.74) is 0.954. The topological polar surface area (TPSA) is 29.4 Å². The first-order chi connectivity index (χ1) is 6.89. The third-order valence-corrected chi connectivity index (χ3v) is 3.56. The minimum absolute atomic E-state index is 0.300. The number of halogens is 1. The lowest BCUT2D eigenvalue weighted by molar-refractivity contribution is 0.651. The van der Waals surface area contributed by atoms with Crippen LogP contribution in [0, 0.1) is 0 Å². The molecular formula is C11H14BrNOS. The molecule has 0 radical (unpaired) electrons. The maximum atomic E-state index is 11.6. The lowest BCUT2D eigenvalue weighted by Crippen LogP contribution is -2.19. The zero-order valence-electron chi connectivity index (χ0n) is 9.03. The summed E-state index contributed by atoms with van der Waals surface area (Å²) < 4.78 is 16.4. The molecule has 0 spiro atoms. The van der Waals surface area contributed by atoms with Crippen molar-refractivity contribution in [1.82, 2.24) is 0 Å². The van der Waals surface area contributed by atoms with E-state index in [1.54, 1.807) is 6.21 Å². The predicted molar refractivity (Wildman–Crippen MR) is 69.6 cm³/mol. The van der Waals surface area contributed by atoms with Crippen molar-refractivity contribution >= 4 is 33.1 Å². The molecule has 2 nitrogen and oxygen atoms in total. The molecule has 0 aromatic heterocycles. The van der Waals surface area contributed by atoms with Crippen molar-refractivity contribution in [2.75, 3.05) is 0 Å². The van der Waals surface area contributed by atoms with Crippen LogP contribution in [0.5, 0.6) is 0 Å². The Morgan fingerprint density at radius 1 is 1.27 bits per heavy atom. The molecule has 0 unspecified atom stereocenters. The molecule has 82 valence electrons. The summed E-state index contributed by atoms with van der Waals surface area (Å²) in [6, 6.07) is 7.71. The average molecular weight is 288 g/mol. The van der Waals surface area contributed by atoms with E-state index in [0.717, 1.165) is 10.0 Å². The minimum Gasteiger partial charge on any atom is -0.234 e. The smallest absolute Gasteiger partial charge is 0.144 e. The van der Waals surface area contributed by atoms with E-state index in [-0.39, 0.29) is 4.75 Å². The standard InChI is InChI=1S/C11H14BrNOS/c1-11(2,3)15(14)13-8-9-4-6-10(12)7-5-9/h4-8H,1-3H3/t15-/m0/s1. The Hall–Kier alpha value is -0.480. The average Bonchev–Trinajstić information content (AvgIpc) is 2.15. The molecule has 0 saturated carbocycles. The van der Waals surface area contributed by atoms with Crippen molar-refractivity contribution in [3.05, 3.63) is 34.3 Å². The fraction of sp³-hybridized carbons (Fsp3) is 0.364. The summed E-state index contributed by atoms with van der Waals surface area (Å²) in [5.74, 6) is 0. The molecule has 15 heavy (non-hydrogen) atoms. The van der Waals surface area contributed by atoms with Gasteiger partial charge in [0.1, 0.15) is 11.0 Å². The van der Waals surface area contributed by atoms with Crippen molar-refractivity contribution in [2.24, 2.45) is 4.40 Å². The number of benzene rings is 1. The van der Waals surface area contributed by atoms with E-state index in [9.17, 15) is 4.21 Å². The zero-order valence-corrected chi connectivity index (χ0v) is 11.4. The van der Waals surface area contributed by atoms with Crippen molar-refractivity contribution in [1.29, 1.82) is 0 Å². The van der Waals surface area contributed by atoms with Gasteiger partial charge >= 0.3 is 0 Å². The Labute approximate surface area is 102 Å². The summed E-state index contributed by atoms with van der Waals surface area (Å²) >= 11 is 3.35. The highest BCUT2D eigenvalue weighted by Gasteiger charge is 2.17. The summed E-state index contributed by atoms with van der Waals surface area (Å²) in [6.07, 6.45) is 1.65. The molecule has 1 aromatic carbocycles. The van der Waals surface area contributed by atoms with Gasteiger partial charge in [0.2, 0.25) is 0 Å². The van der Waals surface area contributed by atoms with Crippen molar-refractivity contribution in [3.63, 3.8) is 0 Å². The van der Waals surface area contributed by atoms with Gasteiger partial charge in [-0.1, -0.05) is 28.1 Å². The Morgan fingerprint density at radius 2 is 1.80 bits per heavy atom. The molecule has 0 heterocycles. The molecule has 0 fully saturated rings. The predicted octanol–water partition coefficient (Wildman–Crippen LogP) is 3.33. The third-order valence-electron chi connectivity index (χ3n) is 1.69. The van der Waals surface area contributed by atoms with Crippen LogP contribution in [0.4, 0.5) is 0 Å². The zero-order chi connectivity index (χ0) is 11.5. The first-order valence-electron chi connectivity index (χ1n) is 4.61. The fourth-order valence-electron chi connectivity index (χ4n) is 0.816. The highest BCUT2D eigenvalue weighted by Crippen LogP contribution is 2.13. The molecule has 0 saturated heterocycles. The van der Waals surface area contributed by atoms with Gasteiger partial charge in [0.15, 0.2) is 0 Å². The first-order valence-corrected chi connectivity index (χ1v) is 6.51. The quantitative estimate of drug-likeness (QED) is 0.767. The molecule has 0 aliphatic rings. The van der Waals surface area contributed by atoms with Crippen LogP contribution in [0.2, 0.25) is 0 Å². The van der Waals surface area contributed by atoms with Crippen molar-refractivity contribution < 1.29 is 4.21 Å². The highest BCUT2D eigenvalue weighted by atomic mass is 79.9. The largest absolute Gasteiger partial charge is 0.234 e. The fourth-order valence-corrected chi connectivity index (χ4v) is 1.61. The Balaban J connectivity index is 2.74. The lowest BCUT2D eigenvalue weighted by Gasteiger charge is -2.12. The van der Waals surface area contributed by atoms with Crippen LogP contribution in [-0.4, -0.2) is 15.2 Å². The van der Waals surface area contributed by atoms with E-state index in [1.807, 2.05) is 45.0 Å². The maximum Gasteiger partial charge on any atom is 0.144 e. The monoisotopic (exact) mass is 287 g/mol. The first kappa shape index (κ1) is 12.6. The second-order valence-electron chi connectivity index (χ2n) is 4.15. The SMILES string of the molecule is CC(C)(C)[S@](=O)N=Cc1ccc(Br)cc1. The van der Waals surface area contributed by atoms with E-state index in [4.69, 9.17) is 0 Å². The molecular weight excluding hydrogens is 274 g/mol. The van der Waals surface area contributed by atoms with Crippen LogP contribution in [0.25, 0.3) is 0 Å². The molecule has 1 atom stereocenters. The van der Waals surface area contributed by atoms with Crippen LogP contribution >= 0.6 is 15.9 Å². The molecule has 0 N–H and O–H groups in total.